The monoisotopic (exact) mass is 825 g/mol. The predicted molar refractivity (Wildman–Crippen MR) is 232 cm³/mol. The van der Waals surface area contributed by atoms with Gasteiger partial charge in [0.1, 0.15) is 34.0 Å². The van der Waals surface area contributed by atoms with Gasteiger partial charge in [0.15, 0.2) is 0 Å². The topological polar surface area (TPSA) is 167 Å². The van der Waals surface area contributed by atoms with Crippen LogP contribution in [0.25, 0.3) is 20.4 Å². The van der Waals surface area contributed by atoms with Gasteiger partial charge in [-0.15, -0.1) is 22.7 Å². The third-order valence-corrected chi connectivity index (χ3v) is 14.2. The molecule has 4 atom stereocenters. The first kappa shape index (κ1) is 37.6. The van der Waals surface area contributed by atoms with Crippen molar-refractivity contribution in [2.24, 2.45) is 21.8 Å². The van der Waals surface area contributed by atoms with Crippen LogP contribution in [0.4, 0.5) is 23.0 Å². The second kappa shape index (κ2) is 15.5. The number of carboxylic acids is 1. The molecule has 59 heavy (non-hydrogen) atoms. The van der Waals surface area contributed by atoms with E-state index in [9.17, 15) is 14.7 Å². The van der Waals surface area contributed by atoms with E-state index in [1.807, 2.05) is 37.2 Å². The lowest BCUT2D eigenvalue weighted by atomic mass is 9.86. The molecule has 7 heterocycles. The molecular weight excluding hydrogens is 783 g/mol. The number of nitrogens with zero attached hydrogens (tertiary/aromatic N) is 7. The van der Waals surface area contributed by atoms with E-state index in [0.29, 0.717) is 25.9 Å². The van der Waals surface area contributed by atoms with Crippen molar-refractivity contribution >= 4 is 90.4 Å². The predicted octanol–water partition coefficient (Wildman–Crippen LogP) is 7.67. The van der Waals surface area contributed by atoms with Gasteiger partial charge in [0.05, 0.1) is 42.0 Å². The Labute approximate surface area is 348 Å². The van der Waals surface area contributed by atoms with E-state index >= 15 is 0 Å². The molecule has 4 aromatic heterocycles. The molecule has 6 aromatic rings. The van der Waals surface area contributed by atoms with Gasteiger partial charge in [-0.05, 0) is 110 Å². The van der Waals surface area contributed by atoms with E-state index in [-0.39, 0.29) is 30.0 Å². The number of fused-ring (bicyclic) bond motifs is 8. The summed E-state index contributed by atoms with van der Waals surface area (Å²) in [7, 11) is 0. The maximum absolute atomic E-state index is 13.3. The van der Waals surface area contributed by atoms with Gasteiger partial charge in [0.2, 0.25) is 5.91 Å². The Hall–Kier alpha value is -5.64. The number of benzene rings is 2. The number of carbonyl (C=O) groups is 2. The van der Waals surface area contributed by atoms with E-state index in [2.05, 4.69) is 70.9 Å². The summed E-state index contributed by atoms with van der Waals surface area (Å²) in [5.41, 5.74) is 9.25. The highest BCUT2D eigenvalue weighted by molar-refractivity contribution is 7.19. The minimum atomic E-state index is -0.711. The molecule has 1 saturated heterocycles. The highest BCUT2D eigenvalue weighted by Gasteiger charge is 2.35. The zero-order chi connectivity index (χ0) is 40.2. The number of ether oxygens (including phenoxy) is 1. The van der Waals surface area contributed by atoms with Crippen LogP contribution in [0.1, 0.15) is 69.8 Å². The van der Waals surface area contributed by atoms with Crippen LogP contribution >= 0.6 is 22.7 Å². The Balaban J connectivity index is 0.000000147. The van der Waals surface area contributed by atoms with Crippen LogP contribution in [0.2, 0.25) is 0 Å². The first-order valence-corrected chi connectivity index (χ1v) is 21.8. The molecule has 3 aliphatic heterocycles. The number of rotatable bonds is 6. The lowest BCUT2D eigenvalue weighted by Gasteiger charge is -2.37. The number of thiophene rings is 2. The fraction of sp³-hybridized carbons (Fsp3) is 0.364. The van der Waals surface area contributed by atoms with E-state index in [4.69, 9.17) is 4.74 Å². The number of morpholine rings is 1. The zero-order valence-electron chi connectivity index (χ0n) is 32.8. The summed E-state index contributed by atoms with van der Waals surface area (Å²) < 4.78 is 5.82. The van der Waals surface area contributed by atoms with Crippen molar-refractivity contribution in [1.82, 2.24) is 24.8 Å². The lowest BCUT2D eigenvalue weighted by molar-refractivity contribution is -0.147. The number of nitrogens with one attached hydrogen (secondary N) is 2. The SMILES string of the molecule is C[C@@H]1CN(C(=O)[C@H]2CCc3c(sc4ncnc(Nc5ccc6c(c5)C=NC6)c34)C2)C[C@H](C)O1.O=C(O)[C@H]1CCc2c(sc3ncnc(Nc4ccc5c(c4)C=NC5)c23)C1. The van der Waals surface area contributed by atoms with Gasteiger partial charge < -0.3 is 25.4 Å². The largest absolute Gasteiger partial charge is 0.481 e. The molecule has 2 aliphatic carbocycles. The molecule has 3 N–H and O–H groups in total. The number of anilines is 4. The van der Waals surface area contributed by atoms with Crippen LogP contribution in [-0.2, 0) is 53.1 Å². The zero-order valence-corrected chi connectivity index (χ0v) is 34.4. The molecule has 1 fully saturated rings. The molecule has 0 unspecified atom stereocenters. The Bertz CT molecular complexity index is 2700. The molecule has 0 saturated carbocycles. The summed E-state index contributed by atoms with van der Waals surface area (Å²) in [5, 5.41) is 18.4. The van der Waals surface area contributed by atoms with Crippen molar-refractivity contribution in [3.63, 3.8) is 0 Å². The first-order chi connectivity index (χ1) is 28.7. The molecule has 13 nitrogen and oxygen atoms in total. The highest BCUT2D eigenvalue weighted by Crippen LogP contribution is 2.42. The quantitative estimate of drug-likeness (QED) is 0.152. The molecular formula is C44H43N9O4S2. The van der Waals surface area contributed by atoms with Crippen LogP contribution in [0.5, 0.6) is 0 Å². The minimum Gasteiger partial charge on any atom is -0.481 e. The van der Waals surface area contributed by atoms with Crippen LogP contribution in [0.3, 0.4) is 0 Å². The Morgan fingerprint density at radius 2 is 1.24 bits per heavy atom. The average molecular weight is 826 g/mol. The molecule has 15 heteroatoms. The molecule has 0 radical (unpaired) electrons. The van der Waals surface area contributed by atoms with Crippen molar-refractivity contribution in [1.29, 1.82) is 0 Å². The fourth-order valence-electron chi connectivity index (χ4n) is 9.08. The van der Waals surface area contributed by atoms with Crippen LogP contribution < -0.4 is 10.6 Å². The molecule has 11 rings (SSSR count). The van der Waals surface area contributed by atoms with Crippen LogP contribution in [-0.4, -0.2) is 79.5 Å². The summed E-state index contributed by atoms with van der Waals surface area (Å²) in [6, 6.07) is 12.5. The number of aliphatic carboxylic acids is 1. The number of hydrogen-bond donors (Lipinski definition) is 3. The maximum atomic E-state index is 13.3. The van der Waals surface area contributed by atoms with Gasteiger partial charge in [-0.25, -0.2) is 19.9 Å². The summed E-state index contributed by atoms with van der Waals surface area (Å²) in [5.74, 6) is 0.921. The van der Waals surface area contributed by atoms with Crippen molar-refractivity contribution < 1.29 is 19.4 Å². The number of aliphatic imine (C=N–C) groups is 2. The third kappa shape index (κ3) is 7.36. The second-order valence-electron chi connectivity index (χ2n) is 16.0. The smallest absolute Gasteiger partial charge is 0.306 e. The van der Waals surface area contributed by atoms with Gasteiger partial charge in [-0.1, -0.05) is 12.1 Å². The van der Waals surface area contributed by atoms with Crippen molar-refractivity contribution in [2.75, 3.05) is 23.7 Å². The van der Waals surface area contributed by atoms with Gasteiger partial charge in [-0.2, -0.15) is 0 Å². The summed E-state index contributed by atoms with van der Waals surface area (Å²) in [4.78, 5) is 57.6. The molecule has 300 valence electrons. The molecule has 1 amide bonds. The van der Waals surface area contributed by atoms with Gasteiger partial charge in [-0.3, -0.25) is 19.6 Å². The number of carboxylic acid groups (broad SMARTS) is 1. The van der Waals surface area contributed by atoms with Crippen molar-refractivity contribution in [3.05, 3.63) is 92.2 Å². The van der Waals surface area contributed by atoms with Gasteiger partial charge in [0.25, 0.3) is 0 Å². The summed E-state index contributed by atoms with van der Waals surface area (Å²) in [6.45, 7) is 6.96. The standard InChI is InChI=1S/C25H27N5O2S.C19H16N4O2S/c1-14-11-30(12-15(2)32-14)25(31)16-4-6-20-21(8-16)33-24-22(20)23(27-13-28-24)29-19-5-3-17-9-26-10-18(17)7-19;24-19(25)10-2-4-14-15(6-10)26-18-16(14)17(21-9-22-18)23-13-3-1-11-7-20-8-12(11)5-13/h3,5,7,10,13-16H,4,6,8-9,11-12H2,1-2H3,(H,27,28,29);1,3,5,8-10H,2,4,6-7H2,(H,24,25)(H,21,22,23)/t14-,15+,16-;10-/m00/s1. The summed E-state index contributed by atoms with van der Waals surface area (Å²) in [6.07, 6.45) is 11.7. The van der Waals surface area contributed by atoms with Crippen molar-refractivity contribution in [2.45, 2.75) is 77.7 Å². The van der Waals surface area contributed by atoms with E-state index in [1.54, 1.807) is 35.3 Å². The summed E-state index contributed by atoms with van der Waals surface area (Å²) >= 11 is 3.30. The van der Waals surface area contributed by atoms with Gasteiger partial charge in [0, 0.05) is 52.6 Å². The number of carbonyl (C=O) groups excluding carboxylic acids is 1. The van der Waals surface area contributed by atoms with Crippen molar-refractivity contribution in [3.8, 4) is 0 Å². The average Bonchev–Trinajstić information content (AvgIpc) is 4.04. The lowest BCUT2D eigenvalue weighted by Crippen LogP contribution is -2.50. The maximum Gasteiger partial charge on any atom is 0.306 e. The number of hydrogen-bond acceptors (Lipinski definition) is 13. The molecule has 0 spiro atoms. The number of aromatic nitrogens is 4. The fourth-order valence-corrected chi connectivity index (χ4v) is 11.6. The van der Waals surface area contributed by atoms with E-state index in [0.717, 1.165) is 98.2 Å². The number of amides is 1. The first-order valence-electron chi connectivity index (χ1n) is 20.2. The normalized spacial score (nSPS) is 21.4. The number of aryl methyl sites for hydroxylation is 2. The Morgan fingerprint density at radius 1 is 0.729 bits per heavy atom. The Kier molecular flexibility index (Phi) is 9.89. The second-order valence-corrected chi connectivity index (χ2v) is 18.2. The van der Waals surface area contributed by atoms with E-state index < -0.39 is 5.97 Å². The highest BCUT2D eigenvalue weighted by atomic mass is 32.1. The van der Waals surface area contributed by atoms with E-state index in [1.165, 1.54) is 27.1 Å². The van der Waals surface area contributed by atoms with Gasteiger partial charge >= 0.3 is 5.97 Å². The Morgan fingerprint density at radius 3 is 1.76 bits per heavy atom. The van der Waals surface area contributed by atoms with Crippen LogP contribution in [0, 0.1) is 11.8 Å². The molecule has 0 bridgehead atoms. The van der Waals surface area contributed by atoms with Crippen LogP contribution in [0.15, 0.2) is 59.0 Å². The molecule has 2 aromatic carbocycles. The molecule has 5 aliphatic rings. The minimum absolute atomic E-state index is 0.0310. The third-order valence-electron chi connectivity index (χ3n) is 11.9.